The number of hydrogen-bond donors (Lipinski definition) is 1. The maximum atomic E-state index is 4.50. The number of rotatable bonds is 2. The molecule has 0 aromatic carbocycles. The molecule has 2 nitrogen and oxygen atoms in total. The SMILES string of the molecule is CC1CN=C(NC(C)C2CCCC2)S1. The minimum atomic E-state index is 0.619. The van der Waals surface area contributed by atoms with Crippen LogP contribution in [-0.4, -0.2) is 23.0 Å². The highest BCUT2D eigenvalue weighted by Crippen LogP contribution is 2.28. The first-order chi connectivity index (χ1) is 6.75. The van der Waals surface area contributed by atoms with Gasteiger partial charge in [0.15, 0.2) is 5.17 Å². The van der Waals surface area contributed by atoms with E-state index >= 15 is 0 Å². The van der Waals surface area contributed by atoms with E-state index in [1.807, 2.05) is 11.8 Å². The van der Waals surface area contributed by atoms with Crippen LogP contribution >= 0.6 is 11.8 Å². The Balaban J connectivity index is 1.79. The monoisotopic (exact) mass is 212 g/mol. The highest BCUT2D eigenvalue weighted by atomic mass is 32.2. The van der Waals surface area contributed by atoms with Crippen molar-refractivity contribution in [3.05, 3.63) is 0 Å². The van der Waals surface area contributed by atoms with Gasteiger partial charge in [-0.3, -0.25) is 4.99 Å². The summed E-state index contributed by atoms with van der Waals surface area (Å²) in [6, 6.07) is 0.619. The molecule has 1 heterocycles. The number of nitrogens with one attached hydrogen (secondary N) is 1. The molecule has 2 aliphatic rings. The van der Waals surface area contributed by atoms with Crippen LogP contribution in [0.4, 0.5) is 0 Å². The quantitative estimate of drug-likeness (QED) is 0.761. The minimum Gasteiger partial charge on any atom is -0.362 e. The van der Waals surface area contributed by atoms with Gasteiger partial charge in [0.05, 0.1) is 6.54 Å². The smallest absolute Gasteiger partial charge is 0.157 e. The van der Waals surface area contributed by atoms with E-state index in [1.54, 1.807) is 0 Å². The molecular formula is C11H20N2S. The van der Waals surface area contributed by atoms with Gasteiger partial charge in [0, 0.05) is 11.3 Å². The number of nitrogens with zero attached hydrogens (tertiary/aromatic N) is 1. The van der Waals surface area contributed by atoms with Crippen LogP contribution in [0.1, 0.15) is 39.5 Å². The molecule has 1 fully saturated rings. The summed E-state index contributed by atoms with van der Waals surface area (Å²) in [7, 11) is 0. The van der Waals surface area contributed by atoms with Crippen LogP contribution in [0.25, 0.3) is 0 Å². The first-order valence-electron chi connectivity index (χ1n) is 5.73. The first kappa shape index (κ1) is 10.3. The second-order valence-electron chi connectivity index (χ2n) is 4.55. The van der Waals surface area contributed by atoms with Gasteiger partial charge < -0.3 is 5.32 Å². The third-order valence-electron chi connectivity index (χ3n) is 3.26. The lowest BCUT2D eigenvalue weighted by Gasteiger charge is -2.21. The normalized spacial score (nSPS) is 30.4. The van der Waals surface area contributed by atoms with E-state index in [0.29, 0.717) is 11.3 Å². The summed E-state index contributed by atoms with van der Waals surface area (Å²) >= 11 is 1.89. The van der Waals surface area contributed by atoms with Gasteiger partial charge in [-0.1, -0.05) is 31.5 Å². The number of amidine groups is 1. The lowest BCUT2D eigenvalue weighted by atomic mass is 10.0. The first-order valence-corrected chi connectivity index (χ1v) is 6.61. The predicted octanol–water partition coefficient (Wildman–Crippen LogP) is 2.65. The molecule has 1 saturated carbocycles. The predicted molar refractivity (Wildman–Crippen MR) is 63.9 cm³/mol. The Morgan fingerprint density at radius 1 is 1.43 bits per heavy atom. The molecule has 1 aliphatic carbocycles. The zero-order valence-electron chi connectivity index (χ0n) is 9.12. The molecule has 1 aliphatic heterocycles. The largest absolute Gasteiger partial charge is 0.362 e. The molecular weight excluding hydrogens is 192 g/mol. The van der Waals surface area contributed by atoms with Crippen LogP contribution in [-0.2, 0) is 0 Å². The van der Waals surface area contributed by atoms with Crippen LogP contribution < -0.4 is 5.32 Å². The molecule has 2 unspecified atom stereocenters. The van der Waals surface area contributed by atoms with E-state index < -0.39 is 0 Å². The molecule has 1 N–H and O–H groups in total. The fraction of sp³-hybridized carbons (Fsp3) is 0.909. The van der Waals surface area contributed by atoms with Gasteiger partial charge in [0.2, 0.25) is 0 Å². The topological polar surface area (TPSA) is 24.4 Å². The molecule has 0 aromatic heterocycles. The average Bonchev–Trinajstić information content (AvgIpc) is 2.75. The number of hydrogen-bond acceptors (Lipinski definition) is 3. The van der Waals surface area contributed by atoms with E-state index in [4.69, 9.17) is 0 Å². The van der Waals surface area contributed by atoms with Crippen molar-refractivity contribution in [1.82, 2.24) is 5.32 Å². The molecule has 2 rings (SSSR count). The van der Waals surface area contributed by atoms with Gasteiger partial charge >= 0.3 is 0 Å². The summed E-state index contributed by atoms with van der Waals surface area (Å²) < 4.78 is 0. The summed E-state index contributed by atoms with van der Waals surface area (Å²) in [5.74, 6) is 0.884. The van der Waals surface area contributed by atoms with Crippen LogP contribution in [0, 0.1) is 5.92 Å². The van der Waals surface area contributed by atoms with Crippen LogP contribution in [0.15, 0.2) is 4.99 Å². The lowest BCUT2D eigenvalue weighted by Crippen LogP contribution is -2.35. The second-order valence-corrected chi connectivity index (χ2v) is 5.98. The fourth-order valence-corrected chi connectivity index (χ4v) is 3.26. The van der Waals surface area contributed by atoms with E-state index in [-0.39, 0.29) is 0 Å². The average molecular weight is 212 g/mol. The lowest BCUT2D eigenvalue weighted by molar-refractivity contribution is 0.428. The van der Waals surface area contributed by atoms with Crippen molar-refractivity contribution in [2.75, 3.05) is 6.54 Å². The molecule has 0 amide bonds. The Labute approximate surface area is 90.9 Å². The highest BCUT2D eigenvalue weighted by molar-refractivity contribution is 8.14. The molecule has 3 heteroatoms. The summed E-state index contributed by atoms with van der Waals surface area (Å²) in [6.45, 7) is 5.54. The third-order valence-corrected chi connectivity index (χ3v) is 4.28. The van der Waals surface area contributed by atoms with Gasteiger partial charge in [0.25, 0.3) is 0 Å². The van der Waals surface area contributed by atoms with Gasteiger partial charge in [-0.15, -0.1) is 0 Å². The minimum absolute atomic E-state index is 0.619. The Morgan fingerprint density at radius 3 is 2.71 bits per heavy atom. The van der Waals surface area contributed by atoms with Gasteiger partial charge in [-0.2, -0.15) is 0 Å². The van der Waals surface area contributed by atoms with Crippen molar-refractivity contribution >= 4 is 16.9 Å². The second kappa shape index (κ2) is 4.56. The number of thioether (sulfide) groups is 1. The van der Waals surface area contributed by atoms with E-state index in [9.17, 15) is 0 Å². The molecule has 0 saturated heterocycles. The molecule has 0 bridgehead atoms. The van der Waals surface area contributed by atoms with Crippen molar-refractivity contribution < 1.29 is 0 Å². The summed E-state index contributed by atoms with van der Waals surface area (Å²) in [5, 5.41) is 5.42. The maximum Gasteiger partial charge on any atom is 0.157 e. The van der Waals surface area contributed by atoms with Crippen LogP contribution in [0.3, 0.4) is 0 Å². The van der Waals surface area contributed by atoms with Gasteiger partial charge in [0.1, 0.15) is 0 Å². The van der Waals surface area contributed by atoms with Crippen LogP contribution in [0.2, 0.25) is 0 Å². The molecule has 80 valence electrons. The molecule has 0 spiro atoms. The van der Waals surface area contributed by atoms with E-state index in [0.717, 1.165) is 12.5 Å². The Hall–Kier alpha value is -0.180. The van der Waals surface area contributed by atoms with Crippen molar-refractivity contribution in [3.8, 4) is 0 Å². The molecule has 2 atom stereocenters. The zero-order chi connectivity index (χ0) is 9.97. The molecule has 0 radical (unpaired) electrons. The standard InChI is InChI=1S/C11H20N2S/c1-8-7-12-11(14-8)13-9(2)10-5-3-4-6-10/h8-10H,3-7H2,1-2H3,(H,12,13). The van der Waals surface area contributed by atoms with Crippen molar-refractivity contribution in [2.45, 2.75) is 50.8 Å². The zero-order valence-corrected chi connectivity index (χ0v) is 9.94. The third kappa shape index (κ3) is 2.44. The van der Waals surface area contributed by atoms with Crippen molar-refractivity contribution in [1.29, 1.82) is 0 Å². The Kier molecular flexibility index (Phi) is 3.37. The molecule has 0 aromatic rings. The van der Waals surface area contributed by atoms with Gasteiger partial charge in [-0.05, 0) is 25.7 Å². The number of aliphatic imine (C=N–C) groups is 1. The van der Waals surface area contributed by atoms with E-state index in [2.05, 4.69) is 24.2 Å². The highest BCUT2D eigenvalue weighted by Gasteiger charge is 2.24. The Morgan fingerprint density at radius 2 is 2.14 bits per heavy atom. The maximum absolute atomic E-state index is 4.50. The summed E-state index contributed by atoms with van der Waals surface area (Å²) in [4.78, 5) is 4.50. The van der Waals surface area contributed by atoms with Gasteiger partial charge in [-0.25, -0.2) is 0 Å². The van der Waals surface area contributed by atoms with Crippen molar-refractivity contribution in [2.24, 2.45) is 10.9 Å². The van der Waals surface area contributed by atoms with E-state index in [1.165, 1.54) is 30.9 Å². The van der Waals surface area contributed by atoms with Crippen LogP contribution in [0.5, 0.6) is 0 Å². The summed E-state index contributed by atoms with van der Waals surface area (Å²) in [6.07, 6.45) is 5.66. The molecule has 14 heavy (non-hydrogen) atoms. The fourth-order valence-electron chi connectivity index (χ4n) is 2.33. The Bertz CT molecular complexity index is 221. The summed E-state index contributed by atoms with van der Waals surface area (Å²) in [5.41, 5.74) is 0. The van der Waals surface area contributed by atoms with Crippen molar-refractivity contribution in [3.63, 3.8) is 0 Å².